The summed E-state index contributed by atoms with van der Waals surface area (Å²) in [5, 5.41) is 4.20. The predicted octanol–water partition coefficient (Wildman–Crippen LogP) is 1.37. The van der Waals surface area contributed by atoms with E-state index in [4.69, 9.17) is 10.5 Å². The maximum absolute atomic E-state index is 5.71. The van der Waals surface area contributed by atoms with E-state index in [0.717, 1.165) is 11.3 Å². The Morgan fingerprint density at radius 2 is 2.31 bits per heavy atom. The van der Waals surface area contributed by atoms with Gasteiger partial charge < -0.3 is 10.5 Å². The Kier molecular flexibility index (Phi) is 2.87. The van der Waals surface area contributed by atoms with Gasteiger partial charge in [-0.2, -0.15) is 5.10 Å². The van der Waals surface area contributed by atoms with Crippen LogP contribution in [0.3, 0.4) is 0 Å². The first kappa shape index (κ1) is 10.6. The fourth-order valence-electron chi connectivity index (χ4n) is 1.46. The number of rotatable bonds is 3. The molecular formula is C11H14N4O. The SMILES string of the molecule is Cc1cc(Oc2cnccc2CN)n(C)n1. The number of pyridine rings is 1. The van der Waals surface area contributed by atoms with E-state index in [9.17, 15) is 0 Å². The lowest BCUT2D eigenvalue weighted by atomic mass is 10.2. The molecule has 84 valence electrons. The zero-order valence-corrected chi connectivity index (χ0v) is 9.34. The maximum Gasteiger partial charge on any atom is 0.217 e. The van der Waals surface area contributed by atoms with Crippen LogP contribution in [0.25, 0.3) is 0 Å². The second kappa shape index (κ2) is 4.32. The van der Waals surface area contributed by atoms with E-state index in [0.29, 0.717) is 18.2 Å². The second-order valence-corrected chi connectivity index (χ2v) is 3.54. The van der Waals surface area contributed by atoms with Crippen molar-refractivity contribution in [1.82, 2.24) is 14.8 Å². The Bertz CT molecular complexity index is 492. The molecule has 0 fully saturated rings. The standard InChI is InChI=1S/C11H14N4O/c1-8-5-11(15(2)14-8)16-10-7-13-4-3-9(10)6-12/h3-5,7H,6,12H2,1-2H3. The molecule has 5 nitrogen and oxygen atoms in total. The lowest BCUT2D eigenvalue weighted by molar-refractivity contribution is 0.424. The van der Waals surface area contributed by atoms with Crippen molar-refractivity contribution in [2.24, 2.45) is 12.8 Å². The first-order chi connectivity index (χ1) is 7.70. The largest absolute Gasteiger partial charge is 0.437 e. The third-order valence-electron chi connectivity index (χ3n) is 2.26. The highest BCUT2D eigenvalue weighted by Crippen LogP contribution is 2.24. The topological polar surface area (TPSA) is 66.0 Å². The van der Waals surface area contributed by atoms with Crippen molar-refractivity contribution in [3.8, 4) is 11.6 Å². The highest BCUT2D eigenvalue weighted by Gasteiger charge is 2.07. The molecule has 0 unspecified atom stereocenters. The Hall–Kier alpha value is -1.88. The van der Waals surface area contributed by atoms with Gasteiger partial charge in [0.1, 0.15) is 0 Å². The van der Waals surface area contributed by atoms with Gasteiger partial charge in [-0.1, -0.05) is 0 Å². The van der Waals surface area contributed by atoms with Gasteiger partial charge >= 0.3 is 0 Å². The minimum Gasteiger partial charge on any atom is -0.437 e. The third kappa shape index (κ3) is 2.04. The highest BCUT2D eigenvalue weighted by atomic mass is 16.5. The molecule has 2 N–H and O–H groups in total. The number of hydrogen-bond acceptors (Lipinski definition) is 4. The molecule has 0 aliphatic rings. The van der Waals surface area contributed by atoms with Gasteiger partial charge in [-0.25, -0.2) is 4.68 Å². The van der Waals surface area contributed by atoms with Gasteiger partial charge in [0.15, 0.2) is 5.75 Å². The van der Waals surface area contributed by atoms with Crippen LogP contribution in [0.15, 0.2) is 24.5 Å². The molecule has 0 aliphatic heterocycles. The molecule has 16 heavy (non-hydrogen) atoms. The van der Waals surface area contributed by atoms with Crippen LogP contribution in [0.4, 0.5) is 0 Å². The third-order valence-corrected chi connectivity index (χ3v) is 2.26. The summed E-state index contributed by atoms with van der Waals surface area (Å²) >= 11 is 0. The van der Waals surface area contributed by atoms with Gasteiger partial charge in [-0.3, -0.25) is 4.98 Å². The number of ether oxygens (including phenoxy) is 1. The fourth-order valence-corrected chi connectivity index (χ4v) is 1.46. The van der Waals surface area contributed by atoms with Gasteiger partial charge in [0.05, 0.1) is 11.9 Å². The molecule has 2 aromatic heterocycles. The van der Waals surface area contributed by atoms with Crippen molar-refractivity contribution in [3.05, 3.63) is 35.8 Å². The number of aromatic nitrogens is 3. The summed E-state index contributed by atoms with van der Waals surface area (Å²) < 4.78 is 7.39. The minimum atomic E-state index is 0.425. The van der Waals surface area contributed by atoms with Gasteiger partial charge in [0.2, 0.25) is 5.88 Å². The fraction of sp³-hybridized carbons (Fsp3) is 0.273. The van der Waals surface area contributed by atoms with Gasteiger partial charge in [0, 0.05) is 31.4 Å². The molecule has 0 spiro atoms. The molecule has 0 bridgehead atoms. The van der Waals surface area contributed by atoms with Crippen molar-refractivity contribution >= 4 is 0 Å². The molecule has 0 amide bonds. The molecule has 0 saturated heterocycles. The van der Waals surface area contributed by atoms with E-state index in [1.807, 2.05) is 26.1 Å². The first-order valence-electron chi connectivity index (χ1n) is 5.02. The van der Waals surface area contributed by atoms with Crippen molar-refractivity contribution in [2.45, 2.75) is 13.5 Å². The highest BCUT2D eigenvalue weighted by molar-refractivity contribution is 5.33. The molecule has 0 radical (unpaired) electrons. The number of nitrogens with zero attached hydrogens (tertiary/aromatic N) is 3. The molecule has 0 saturated carbocycles. The van der Waals surface area contributed by atoms with Gasteiger partial charge in [-0.15, -0.1) is 0 Å². The van der Waals surface area contributed by atoms with E-state index < -0.39 is 0 Å². The van der Waals surface area contributed by atoms with Gasteiger partial charge in [-0.05, 0) is 13.0 Å². The lowest BCUT2D eigenvalue weighted by Crippen LogP contribution is -2.01. The van der Waals surface area contributed by atoms with Gasteiger partial charge in [0.25, 0.3) is 0 Å². The minimum absolute atomic E-state index is 0.425. The summed E-state index contributed by atoms with van der Waals surface area (Å²) in [4.78, 5) is 4.02. The number of aryl methyl sites for hydroxylation is 2. The Labute approximate surface area is 93.9 Å². The van der Waals surface area contributed by atoms with E-state index >= 15 is 0 Å². The van der Waals surface area contributed by atoms with Crippen molar-refractivity contribution in [3.63, 3.8) is 0 Å². The Morgan fingerprint density at radius 1 is 1.50 bits per heavy atom. The summed E-state index contributed by atoms with van der Waals surface area (Å²) in [6, 6.07) is 3.71. The van der Waals surface area contributed by atoms with E-state index in [1.54, 1.807) is 17.1 Å². The monoisotopic (exact) mass is 218 g/mol. The van der Waals surface area contributed by atoms with Crippen LogP contribution in [0, 0.1) is 6.92 Å². The number of hydrogen-bond donors (Lipinski definition) is 1. The zero-order chi connectivity index (χ0) is 11.5. The first-order valence-corrected chi connectivity index (χ1v) is 5.02. The average Bonchev–Trinajstić information content (AvgIpc) is 2.58. The lowest BCUT2D eigenvalue weighted by Gasteiger charge is -2.08. The molecule has 0 atom stereocenters. The van der Waals surface area contributed by atoms with E-state index in [-0.39, 0.29) is 0 Å². The molecule has 5 heteroatoms. The second-order valence-electron chi connectivity index (χ2n) is 3.54. The van der Waals surface area contributed by atoms with Crippen molar-refractivity contribution in [1.29, 1.82) is 0 Å². The molecule has 2 aromatic rings. The van der Waals surface area contributed by atoms with Crippen molar-refractivity contribution in [2.75, 3.05) is 0 Å². The van der Waals surface area contributed by atoms with Crippen LogP contribution in [0.5, 0.6) is 11.6 Å². The molecule has 0 aliphatic carbocycles. The maximum atomic E-state index is 5.71. The van der Waals surface area contributed by atoms with Crippen LogP contribution in [-0.4, -0.2) is 14.8 Å². The Morgan fingerprint density at radius 3 is 2.94 bits per heavy atom. The summed E-state index contributed by atoms with van der Waals surface area (Å²) in [6.45, 7) is 2.34. The van der Waals surface area contributed by atoms with Crippen LogP contribution in [-0.2, 0) is 13.6 Å². The smallest absolute Gasteiger partial charge is 0.217 e. The zero-order valence-electron chi connectivity index (χ0n) is 9.34. The molecule has 2 rings (SSSR count). The predicted molar refractivity (Wildman–Crippen MR) is 60.1 cm³/mol. The summed E-state index contributed by atoms with van der Waals surface area (Å²) in [5.74, 6) is 1.35. The molecule has 0 aromatic carbocycles. The molecular weight excluding hydrogens is 204 g/mol. The average molecular weight is 218 g/mol. The van der Waals surface area contributed by atoms with Crippen LogP contribution < -0.4 is 10.5 Å². The summed E-state index contributed by atoms with van der Waals surface area (Å²) in [6.07, 6.45) is 3.36. The van der Waals surface area contributed by atoms with Crippen molar-refractivity contribution < 1.29 is 4.74 Å². The Balaban J connectivity index is 2.30. The quantitative estimate of drug-likeness (QED) is 0.845. The molecule has 2 heterocycles. The van der Waals surface area contributed by atoms with Crippen LogP contribution in [0.1, 0.15) is 11.3 Å². The van der Waals surface area contributed by atoms with E-state index in [1.165, 1.54) is 0 Å². The van der Waals surface area contributed by atoms with Crippen LogP contribution >= 0.6 is 0 Å². The van der Waals surface area contributed by atoms with Crippen LogP contribution in [0.2, 0.25) is 0 Å². The summed E-state index contributed by atoms with van der Waals surface area (Å²) in [7, 11) is 1.83. The van der Waals surface area contributed by atoms with E-state index in [2.05, 4.69) is 10.1 Å². The number of nitrogens with two attached hydrogens (primary N) is 1. The summed E-state index contributed by atoms with van der Waals surface area (Å²) in [5.41, 5.74) is 7.45. The normalized spacial score (nSPS) is 10.4.